The number of nitrogens with zero attached hydrogens (tertiary/aromatic N) is 1. The Morgan fingerprint density at radius 1 is 1.39 bits per heavy atom. The van der Waals surface area contributed by atoms with Crippen molar-refractivity contribution in [3.05, 3.63) is 29.0 Å². The van der Waals surface area contributed by atoms with Gasteiger partial charge in [0.05, 0.1) is 16.8 Å². The molecule has 1 aromatic carbocycles. The van der Waals surface area contributed by atoms with Crippen molar-refractivity contribution in [3.8, 4) is 17.0 Å². The van der Waals surface area contributed by atoms with E-state index in [2.05, 4.69) is 10.2 Å². The second-order valence-corrected chi connectivity index (χ2v) is 4.70. The number of H-pyrrole nitrogens is 1. The number of nitrogens with one attached hydrogen (secondary N) is 1. The number of hydrogen-bond acceptors (Lipinski definition) is 3. The van der Waals surface area contributed by atoms with E-state index in [4.69, 9.17) is 22.1 Å². The molecule has 1 aromatic heterocycles. The molecular weight excluding hydrogens is 257 g/mol. The van der Waals surface area contributed by atoms with E-state index in [0.29, 0.717) is 22.8 Å². The van der Waals surface area contributed by atoms with E-state index in [-0.39, 0.29) is 11.1 Å². The lowest BCUT2D eigenvalue weighted by Crippen LogP contribution is -1.99. The van der Waals surface area contributed by atoms with Gasteiger partial charge in [-0.15, -0.1) is 0 Å². The third-order valence-electron chi connectivity index (χ3n) is 2.71. The molecule has 1 saturated carbocycles. The van der Waals surface area contributed by atoms with Crippen LogP contribution in [0.25, 0.3) is 11.3 Å². The lowest BCUT2D eigenvalue weighted by Gasteiger charge is -2.11. The highest BCUT2D eigenvalue weighted by molar-refractivity contribution is 6.32. The fourth-order valence-electron chi connectivity index (χ4n) is 1.71. The molecule has 6 heteroatoms. The second-order valence-electron chi connectivity index (χ2n) is 4.29. The molecule has 18 heavy (non-hydrogen) atoms. The van der Waals surface area contributed by atoms with Gasteiger partial charge in [0.1, 0.15) is 17.4 Å². The maximum absolute atomic E-state index is 13.4. The monoisotopic (exact) mass is 267 g/mol. The molecule has 0 atom stereocenters. The minimum absolute atomic E-state index is 0.173. The number of benzene rings is 1. The third-order valence-corrected chi connectivity index (χ3v) is 2.99. The SMILES string of the molecule is Nc1cc(-c2cc(F)cc(Cl)c2OC2CC2)[nH]n1. The van der Waals surface area contributed by atoms with Crippen molar-refractivity contribution < 1.29 is 9.13 Å². The van der Waals surface area contributed by atoms with E-state index < -0.39 is 5.82 Å². The number of aromatic amines is 1. The summed E-state index contributed by atoms with van der Waals surface area (Å²) in [5.74, 6) is 0.387. The standard InChI is InChI=1S/C12H11ClFN3O/c13-9-4-6(14)3-8(10-5-11(15)17-16-10)12(9)18-7-1-2-7/h3-5,7H,1-2H2,(H3,15,16,17). The maximum Gasteiger partial charge on any atom is 0.147 e. The van der Waals surface area contributed by atoms with Gasteiger partial charge < -0.3 is 10.5 Å². The van der Waals surface area contributed by atoms with Gasteiger partial charge in [-0.25, -0.2) is 4.39 Å². The van der Waals surface area contributed by atoms with Crippen LogP contribution in [0.15, 0.2) is 18.2 Å². The molecule has 2 aromatic rings. The molecular formula is C12H11ClFN3O. The van der Waals surface area contributed by atoms with Gasteiger partial charge in [0, 0.05) is 11.6 Å². The van der Waals surface area contributed by atoms with Gasteiger partial charge in [-0.05, 0) is 25.0 Å². The Kier molecular flexibility index (Phi) is 2.63. The van der Waals surface area contributed by atoms with Gasteiger partial charge in [0.2, 0.25) is 0 Å². The highest BCUT2D eigenvalue weighted by Gasteiger charge is 2.26. The Balaban J connectivity index is 2.09. The Bertz CT molecular complexity index is 595. The third kappa shape index (κ3) is 2.13. The van der Waals surface area contributed by atoms with Gasteiger partial charge in [-0.2, -0.15) is 5.10 Å². The largest absolute Gasteiger partial charge is 0.488 e. The van der Waals surface area contributed by atoms with E-state index in [9.17, 15) is 4.39 Å². The van der Waals surface area contributed by atoms with Crippen LogP contribution in [-0.2, 0) is 0 Å². The van der Waals surface area contributed by atoms with Crippen molar-refractivity contribution in [1.29, 1.82) is 0 Å². The van der Waals surface area contributed by atoms with E-state index >= 15 is 0 Å². The lowest BCUT2D eigenvalue weighted by molar-refractivity contribution is 0.304. The summed E-state index contributed by atoms with van der Waals surface area (Å²) in [5.41, 5.74) is 6.67. The Hall–Kier alpha value is -1.75. The van der Waals surface area contributed by atoms with Crippen molar-refractivity contribution in [2.45, 2.75) is 18.9 Å². The quantitative estimate of drug-likeness (QED) is 0.898. The molecule has 3 N–H and O–H groups in total. The number of nitrogens with two attached hydrogens (primary N) is 1. The van der Waals surface area contributed by atoms with Crippen LogP contribution in [0.5, 0.6) is 5.75 Å². The van der Waals surface area contributed by atoms with E-state index in [1.165, 1.54) is 12.1 Å². The van der Waals surface area contributed by atoms with Crippen molar-refractivity contribution in [2.24, 2.45) is 0 Å². The van der Waals surface area contributed by atoms with Crippen molar-refractivity contribution in [3.63, 3.8) is 0 Å². The molecule has 0 radical (unpaired) electrons. The first-order chi connectivity index (χ1) is 8.63. The van der Waals surface area contributed by atoms with Crippen LogP contribution < -0.4 is 10.5 Å². The zero-order chi connectivity index (χ0) is 12.7. The van der Waals surface area contributed by atoms with Crippen molar-refractivity contribution in [2.75, 3.05) is 5.73 Å². The summed E-state index contributed by atoms with van der Waals surface area (Å²) in [4.78, 5) is 0. The molecule has 94 valence electrons. The first-order valence-electron chi connectivity index (χ1n) is 5.60. The molecule has 0 amide bonds. The Morgan fingerprint density at radius 3 is 2.78 bits per heavy atom. The summed E-state index contributed by atoms with van der Waals surface area (Å²) >= 11 is 6.03. The Morgan fingerprint density at radius 2 is 2.17 bits per heavy atom. The number of hydrogen-bond donors (Lipinski definition) is 2. The molecule has 1 heterocycles. The second kappa shape index (κ2) is 4.17. The molecule has 1 aliphatic carbocycles. The number of ether oxygens (including phenoxy) is 1. The molecule has 0 spiro atoms. The highest BCUT2D eigenvalue weighted by Crippen LogP contribution is 2.40. The smallest absolute Gasteiger partial charge is 0.147 e. The number of halogens is 2. The molecule has 0 saturated heterocycles. The first-order valence-corrected chi connectivity index (χ1v) is 5.98. The minimum Gasteiger partial charge on any atom is -0.488 e. The summed E-state index contributed by atoms with van der Waals surface area (Å²) in [6, 6.07) is 4.21. The summed E-state index contributed by atoms with van der Waals surface area (Å²) < 4.78 is 19.2. The average Bonchev–Trinajstić information content (AvgIpc) is 3.03. The van der Waals surface area contributed by atoms with E-state index in [1.807, 2.05) is 0 Å². The van der Waals surface area contributed by atoms with Gasteiger partial charge in [-0.3, -0.25) is 5.10 Å². The predicted molar refractivity (Wildman–Crippen MR) is 67.1 cm³/mol. The van der Waals surface area contributed by atoms with Gasteiger partial charge in [0.25, 0.3) is 0 Å². The summed E-state index contributed by atoms with van der Waals surface area (Å²) in [7, 11) is 0. The summed E-state index contributed by atoms with van der Waals surface area (Å²) in [6.45, 7) is 0. The van der Waals surface area contributed by atoms with Crippen LogP contribution in [0.1, 0.15) is 12.8 Å². The fourth-order valence-corrected chi connectivity index (χ4v) is 1.96. The zero-order valence-electron chi connectivity index (χ0n) is 9.41. The number of aromatic nitrogens is 2. The Labute approximate surface area is 108 Å². The predicted octanol–water partition coefficient (Wildman–Crippen LogP) is 2.99. The molecule has 3 rings (SSSR count). The molecule has 1 fully saturated rings. The number of rotatable bonds is 3. The van der Waals surface area contributed by atoms with E-state index in [1.54, 1.807) is 6.07 Å². The molecule has 0 aliphatic heterocycles. The lowest BCUT2D eigenvalue weighted by atomic mass is 10.1. The van der Waals surface area contributed by atoms with Crippen LogP contribution in [0.3, 0.4) is 0 Å². The van der Waals surface area contributed by atoms with Crippen LogP contribution in [0.2, 0.25) is 5.02 Å². The van der Waals surface area contributed by atoms with E-state index in [0.717, 1.165) is 12.8 Å². The normalized spacial score (nSPS) is 14.8. The van der Waals surface area contributed by atoms with Crippen molar-refractivity contribution >= 4 is 17.4 Å². The fraction of sp³-hybridized carbons (Fsp3) is 0.250. The highest BCUT2D eigenvalue weighted by atomic mass is 35.5. The van der Waals surface area contributed by atoms with Crippen LogP contribution in [0.4, 0.5) is 10.2 Å². The molecule has 1 aliphatic rings. The van der Waals surface area contributed by atoms with Crippen LogP contribution in [0, 0.1) is 5.82 Å². The summed E-state index contributed by atoms with van der Waals surface area (Å²) in [5, 5.41) is 6.80. The number of anilines is 1. The zero-order valence-corrected chi connectivity index (χ0v) is 10.2. The van der Waals surface area contributed by atoms with Gasteiger partial charge in [0.15, 0.2) is 0 Å². The maximum atomic E-state index is 13.4. The molecule has 0 unspecified atom stereocenters. The topological polar surface area (TPSA) is 63.9 Å². The van der Waals surface area contributed by atoms with Gasteiger partial charge in [-0.1, -0.05) is 11.6 Å². The molecule has 4 nitrogen and oxygen atoms in total. The van der Waals surface area contributed by atoms with Crippen LogP contribution in [-0.4, -0.2) is 16.3 Å². The minimum atomic E-state index is -0.425. The van der Waals surface area contributed by atoms with Gasteiger partial charge >= 0.3 is 0 Å². The first kappa shape index (κ1) is 11.3. The number of nitrogen functional groups attached to an aromatic ring is 1. The molecule has 0 bridgehead atoms. The average molecular weight is 268 g/mol. The summed E-state index contributed by atoms with van der Waals surface area (Å²) in [6.07, 6.45) is 2.17. The van der Waals surface area contributed by atoms with Crippen molar-refractivity contribution in [1.82, 2.24) is 10.2 Å². The van der Waals surface area contributed by atoms with Crippen LogP contribution >= 0.6 is 11.6 Å².